The van der Waals surface area contributed by atoms with Gasteiger partial charge in [0, 0.05) is 29.6 Å². The number of para-hydroxylation sites is 1. The van der Waals surface area contributed by atoms with E-state index >= 15 is 0 Å². The number of rotatable bonds is 6. The number of nitrogens with one attached hydrogen (secondary N) is 1. The lowest BCUT2D eigenvalue weighted by Crippen LogP contribution is -2.34. The third-order valence-electron chi connectivity index (χ3n) is 4.90. The number of carbonyl (C=O) groups is 1. The number of carbonyl (C=O) groups excluding carboxylic acids is 1. The molecule has 30 heavy (non-hydrogen) atoms. The normalized spacial score (nSPS) is 15.6. The quantitative estimate of drug-likeness (QED) is 0.568. The molecule has 1 saturated heterocycles. The van der Waals surface area contributed by atoms with E-state index < -0.39 is 0 Å². The molecule has 1 aliphatic heterocycles. The maximum Gasteiger partial charge on any atom is 0.323 e. The largest absolute Gasteiger partial charge is 0.497 e. The zero-order valence-corrected chi connectivity index (χ0v) is 17.6. The Morgan fingerprint density at radius 3 is 2.70 bits per heavy atom. The lowest BCUT2D eigenvalue weighted by atomic mass is 10.1. The van der Waals surface area contributed by atoms with Crippen LogP contribution in [-0.4, -0.2) is 30.3 Å². The Kier molecular flexibility index (Phi) is 6.44. The van der Waals surface area contributed by atoms with Crippen LogP contribution in [0.3, 0.4) is 0 Å². The van der Waals surface area contributed by atoms with Crippen molar-refractivity contribution < 1.29 is 14.3 Å². The second-order valence-electron chi connectivity index (χ2n) is 6.89. The minimum absolute atomic E-state index is 0.0948. The van der Waals surface area contributed by atoms with Crippen molar-refractivity contribution in [3.63, 3.8) is 0 Å². The summed E-state index contributed by atoms with van der Waals surface area (Å²) >= 11 is 1.75. The average Bonchev–Trinajstić information content (AvgIpc) is 3.29. The number of hydrogen-bond donors (Lipinski definition) is 1. The summed E-state index contributed by atoms with van der Waals surface area (Å²) < 4.78 is 11.4. The first-order chi connectivity index (χ1) is 14.7. The van der Waals surface area contributed by atoms with Crippen molar-refractivity contribution in [3.8, 4) is 11.5 Å². The predicted octanol–water partition coefficient (Wildman–Crippen LogP) is 5.55. The molecule has 1 aliphatic rings. The molecule has 0 saturated carbocycles. The summed E-state index contributed by atoms with van der Waals surface area (Å²) in [5.41, 5.74) is 2.83. The van der Waals surface area contributed by atoms with Gasteiger partial charge in [0.1, 0.15) is 23.5 Å². The molecule has 0 spiro atoms. The summed E-state index contributed by atoms with van der Waals surface area (Å²) in [5.74, 6) is 2.39. The highest BCUT2D eigenvalue weighted by atomic mass is 32.2. The fourth-order valence-electron chi connectivity index (χ4n) is 3.38. The Labute approximate surface area is 181 Å². The zero-order valence-electron chi connectivity index (χ0n) is 16.8. The molecule has 0 aliphatic carbocycles. The number of ether oxygens (including phenoxy) is 2. The number of benzene rings is 3. The molecule has 1 N–H and O–H groups in total. The molecular weight excluding hydrogens is 396 g/mol. The second-order valence-corrected chi connectivity index (χ2v) is 8.08. The topological polar surface area (TPSA) is 50.8 Å². The molecule has 2 amide bonds. The van der Waals surface area contributed by atoms with Crippen LogP contribution < -0.4 is 14.8 Å². The van der Waals surface area contributed by atoms with Crippen molar-refractivity contribution in [1.29, 1.82) is 0 Å². The lowest BCUT2D eigenvalue weighted by Gasteiger charge is -2.26. The predicted molar refractivity (Wildman–Crippen MR) is 121 cm³/mol. The van der Waals surface area contributed by atoms with Gasteiger partial charge >= 0.3 is 6.03 Å². The highest BCUT2D eigenvalue weighted by Crippen LogP contribution is 2.42. The molecule has 3 aromatic rings. The Morgan fingerprint density at radius 2 is 1.87 bits per heavy atom. The van der Waals surface area contributed by atoms with E-state index in [9.17, 15) is 4.79 Å². The highest BCUT2D eigenvalue weighted by molar-refractivity contribution is 7.99. The van der Waals surface area contributed by atoms with Crippen LogP contribution in [0, 0.1) is 0 Å². The standard InChI is InChI=1S/C24H24N2O3S/c1-28-20-11-7-10-19(16-20)25-24(27)26-14-15-30-23(26)21-12-5-6-13-22(21)29-17-18-8-3-2-4-9-18/h2-13,16,23H,14-15,17H2,1H3,(H,25,27)/t23-/m0/s1. The average molecular weight is 421 g/mol. The van der Waals surface area contributed by atoms with Crippen LogP contribution in [0.15, 0.2) is 78.9 Å². The number of hydrogen-bond acceptors (Lipinski definition) is 4. The number of nitrogens with zero attached hydrogens (tertiary/aromatic N) is 1. The number of anilines is 1. The van der Waals surface area contributed by atoms with Crippen LogP contribution in [0.25, 0.3) is 0 Å². The molecule has 6 heteroatoms. The van der Waals surface area contributed by atoms with Crippen molar-refractivity contribution in [2.75, 3.05) is 24.7 Å². The van der Waals surface area contributed by atoms with Crippen LogP contribution >= 0.6 is 11.8 Å². The number of methoxy groups -OCH3 is 1. The van der Waals surface area contributed by atoms with Crippen molar-refractivity contribution in [3.05, 3.63) is 90.0 Å². The van der Waals surface area contributed by atoms with E-state index in [1.165, 1.54) is 0 Å². The fourth-order valence-corrected chi connectivity index (χ4v) is 4.66. The highest BCUT2D eigenvalue weighted by Gasteiger charge is 2.32. The van der Waals surface area contributed by atoms with Gasteiger partial charge < -0.3 is 19.7 Å². The van der Waals surface area contributed by atoms with Gasteiger partial charge in [-0.05, 0) is 23.8 Å². The maximum atomic E-state index is 13.0. The van der Waals surface area contributed by atoms with Gasteiger partial charge in [-0.3, -0.25) is 0 Å². The van der Waals surface area contributed by atoms with Gasteiger partial charge in [-0.25, -0.2) is 4.79 Å². The van der Waals surface area contributed by atoms with Gasteiger partial charge in [0.15, 0.2) is 0 Å². The van der Waals surface area contributed by atoms with E-state index in [2.05, 4.69) is 5.32 Å². The molecule has 0 unspecified atom stereocenters. The van der Waals surface area contributed by atoms with Crippen LogP contribution in [0.4, 0.5) is 10.5 Å². The van der Waals surface area contributed by atoms with E-state index in [0.29, 0.717) is 24.6 Å². The molecule has 0 radical (unpaired) electrons. The molecule has 5 nitrogen and oxygen atoms in total. The Morgan fingerprint density at radius 1 is 1.07 bits per heavy atom. The number of amides is 2. The van der Waals surface area contributed by atoms with Crippen molar-refractivity contribution in [2.45, 2.75) is 12.0 Å². The van der Waals surface area contributed by atoms with Crippen LogP contribution in [0.5, 0.6) is 11.5 Å². The van der Waals surface area contributed by atoms with E-state index in [-0.39, 0.29) is 11.4 Å². The molecule has 1 atom stereocenters. The third-order valence-corrected chi connectivity index (χ3v) is 6.14. The number of urea groups is 1. The molecule has 4 rings (SSSR count). The molecule has 0 aromatic heterocycles. The van der Waals surface area contributed by atoms with Crippen molar-refractivity contribution in [1.82, 2.24) is 4.90 Å². The number of thioether (sulfide) groups is 1. The molecule has 3 aromatic carbocycles. The van der Waals surface area contributed by atoms with Gasteiger partial charge in [0.05, 0.1) is 7.11 Å². The van der Waals surface area contributed by atoms with Crippen LogP contribution in [0.1, 0.15) is 16.5 Å². The van der Waals surface area contributed by atoms with Crippen LogP contribution in [0.2, 0.25) is 0 Å². The Hall–Kier alpha value is -3.12. The van der Waals surface area contributed by atoms with Crippen LogP contribution in [-0.2, 0) is 6.61 Å². The zero-order chi connectivity index (χ0) is 20.8. The minimum atomic E-state index is -0.129. The Balaban J connectivity index is 1.49. The monoisotopic (exact) mass is 420 g/mol. The maximum absolute atomic E-state index is 13.0. The van der Waals surface area contributed by atoms with Crippen molar-refractivity contribution >= 4 is 23.5 Å². The third kappa shape index (κ3) is 4.71. The van der Waals surface area contributed by atoms with E-state index in [0.717, 1.165) is 22.6 Å². The summed E-state index contributed by atoms with van der Waals surface area (Å²) in [6.45, 7) is 1.17. The Bertz CT molecular complexity index is 997. The van der Waals surface area contributed by atoms with E-state index in [1.807, 2.05) is 83.8 Å². The molecule has 1 heterocycles. The van der Waals surface area contributed by atoms with Gasteiger partial charge in [0.25, 0.3) is 0 Å². The minimum Gasteiger partial charge on any atom is -0.497 e. The summed E-state index contributed by atoms with van der Waals surface area (Å²) in [7, 11) is 1.61. The van der Waals surface area contributed by atoms with Crippen molar-refractivity contribution in [2.24, 2.45) is 0 Å². The molecule has 1 fully saturated rings. The van der Waals surface area contributed by atoms with Gasteiger partial charge in [-0.1, -0.05) is 54.6 Å². The van der Waals surface area contributed by atoms with Gasteiger partial charge in [-0.15, -0.1) is 11.8 Å². The summed E-state index contributed by atoms with van der Waals surface area (Å²) in [5, 5.41) is 2.89. The fraction of sp³-hybridized carbons (Fsp3) is 0.208. The van der Waals surface area contributed by atoms with Gasteiger partial charge in [-0.2, -0.15) is 0 Å². The summed E-state index contributed by atoms with van der Waals surface area (Å²) in [6.07, 6.45) is 0. The van der Waals surface area contributed by atoms with E-state index in [4.69, 9.17) is 9.47 Å². The first-order valence-corrected chi connectivity index (χ1v) is 10.9. The molecular formula is C24H24N2O3S. The first-order valence-electron chi connectivity index (χ1n) is 9.83. The lowest BCUT2D eigenvalue weighted by molar-refractivity contribution is 0.213. The summed E-state index contributed by atoms with van der Waals surface area (Å²) in [6, 6.07) is 25.3. The van der Waals surface area contributed by atoms with E-state index in [1.54, 1.807) is 18.9 Å². The summed E-state index contributed by atoms with van der Waals surface area (Å²) in [4.78, 5) is 14.9. The van der Waals surface area contributed by atoms with Gasteiger partial charge in [0.2, 0.25) is 0 Å². The first kappa shape index (κ1) is 20.2. The SMILES string of the molecule is COc1cccc(NC(=O)N2CCS[C@H]2c2ccccc2OCc2ccccc2)c1. The molecule has 154 valence electrons. The molecule has 0 bridgehead atoms. The second kappa shape index (κ2) is 9.59. The smallest absolute Gasteiger partial charge is 0.323 e.